The van der Waals surface area contributed by atoms with Gasteiger partial charge in [-0.3, -0.25) is 4.79 Å². The van der Waals surface area contributed by atoms with Gasteiger partial charge in [0, 0.05) is 10.7 Å². The van der Waals surface area contributed by atoms with Gasteiger partial charge in [-0.2, -0.15) is 4.99 Å². The highest BCUT2D eigenvalue weighted by atomic mass is 35.7. The van der Waals surface area contributed by atoms with Crippen LogP contribution in [-0.2, 0) is 13.8 Å². The number of hydrogen-bond acceptors (Lipinski definition) is 8. The highest BCUT2D eigenvalue weighted by Gasteiger charge is 2.29. The monoisotopic (exact) mass is 367 g/mol. The van der Waals surface area contributed by atoms with Gasteiger partial charge in [0.25, 0.3) is 9.05 Å². The molecule has 0 aromatic heterocycles. The van der Waals surface area contributed by atoms with Gasteiger partial charge in [0.05, 0.1) is 17.1 Å². The van der Waals surface area contributed by atoms with Crippen molar-refractivity contribution in [2.75, 3.05) is 6.61 Å². The van der Waals surface area contributed by atoms with Crippen molar-refractivity contribution in [2.45, 2.75) is 18.2 Å². The Morgan fingerprint density at radius 1 is 1.21 bits per heavy atom. The third kappa shape index (κ3) is 3.10. The summed E-state index contributed by atoms with van der Waals surface area (Å²) in [4.78, 5) is 19.7. The van der Waals surface area contributed by atoms with E-state index in [4.69, 9.17) is 15.4 Å². The van der Waals surface area contributed by atoms with Crippen LogP contribution in [0.25, 0.3) is 0 Å². The molecule has 0 bridgehead atoms. The topological polar surface area (TPSA) is 122 Å². The Balaban J connectivity index is 2.12. The number of carbonyl (C=O) groups excluding carboxylic acids is 1. The van der Waals surface area contributed by atoms with Crippen molar-refractivity contribution in [3.05, 3.63) is 23.8 Å². The largest absolute Gasteiger partial charge is 0.493 e. The van der Waals surface area contributed by atoms with Crippen LogP contribution in [0.4, 0.5) is 0 Å². The maximum atomic E-state index is 12.0. The number of amidine groups is 2. The van der Waals surface area contributed by atoms with E-state index in [0.717, 1.165) is 6.42 Å². The van der Waals surface area contributed by atoms with Gasteiger partial charge in [0.2, 0.25) is 11.5 Å². The summed E-state index contributed by atoms with van der Waals surface area (Å²) in [7, 11) is 1.41. The molecule has 0 saturated heterocycles. The molecule has 24 heavy (non-hydrogen) atoms. The van der Waals surface area contributed by atoms with Crippen LogP contribution < -0.4 is 4.74 Å². The molecule has 1 aromatic carbocycles. The van der Waals surface area contributed by atoms with E-state index in [-0.39, 0.29) is 27.8 Å². The molecular formula is C13H10ClN5O4S. The van der Waals surface area contributed by atoms with Crippen LogP contribution in [0.3, 0.4) is 0 Å². The number of amides is 1. The van der Waals surface area contributed by atoms with E-state index >= 15 is 0 Å². The summed E-state index contributed by atoms with van der Waals surface area (Å²) in [5, 5.41) is 10.5. The van der Waals surface area contributed by atoms with Crippen LogP contribution in [-0.4, -0.2) is 38.3 Å². The van der Waals surface area contributed by atoms with Crippen LogP contribution >= 0.6 is 10.7 Å². The Morgan fingerprint density at radius 2 is 2.00 bits per heavy atom. The molecule has 11 heteroatoms. The van der Waals surface area contributed by atoms with Crippen LogP contribution in [0.5, 0.6) is 5.75 Å². The van der Waals surface area contributed by atoms with Crippen molar-refractivity contribution >= 4 is 43.0 Å². The lowest BCUT2D eigenvalue weighted by Gasteiger charge is -2.13. The zero-order valence-electron chi connectivity index (χ0n) is 12.3. The Hall–Kier alpha value is -2.46. The van der Waals surface area contributed by atoms with Gasteiger partial charge in [-0.05, 0) is 29.8 Å². The zero-order chi connectivity index (χ0) is 17.3. The summed E-state index contributed by atoms with van der Waals surface area (Å²) >= 11 is 0. The summed E-state index contributed by atoms with van der Waals surface area (Å²) in [6.07, 6.45) is 0.736. The summed E-state index contributed by atoms with van der Waals surface area (Å²) < 4.78 is 28.7. The SMILES string of the molecule is CCCOc1ccc(S(=O)(=O)Cl)cc1C1=NC(=O)C2=NN=NC2=N1. The summed E-state index contributed by atoms with van der Waals surface area (Å²) in [6, 6.07) is 3.99. The molecule has 1 aromatic rings. The maximum absolute atomic E-state index is 12.0. The van der Waals surface area contributed by atoms with Crippen molar-refractivity contribution in [3.8, 4) is 5.75 Å². The summed E-state index contributed by atoms with van der Waals surface area (Å²) in [5.74, 6) is -0.360. The molecule has 2 heterocycles. The van der Waals surface area contributed by atoms with Crippen LogP contribution in [0.1, 0.15) is 18.9 Å². The molecule has 0 radical (unpaired) electrons. The minimum Gasteiger partial charge on any atom is -0.493 e. The standard InChI is InChI=1S/C13H10ClN5O4S/c1-2-5-23-9-4-3-7(24(14,21)22)6-8(9)11-15-12-10(13(20)16-11)17-19-18-12/h3-4,6H,2,5H2,1H3. The quantitative estimate of drug-likeness (QED) is 0.737. The molecule has 0 atom stereocenters. The van der Waals surface area contributed by atoms with Gasteiger partial charge in [0.1, 0.15) is 5.75 Å². The van der Waals surface area contributed by atoms with E-state index in [1.54, 1.807) is 0 Å². The molecule has 0 aliphatic carbocycles. The third-order valence-electron chi connectivity index (χ3n) is 3.05. The van der Waals surface area contributed by atoms with Crippen molar-refractivity contribution in [1.29, 1.82) is 0 Å². The van der Waals surface area contributed by atoms with E-state index in [1.165, 1.54) is 18.2 Å². The number of fused-ring (bicyclic) bond motifs is 1. The fourth-order valence-corrected chi connectivity index (χ4v) is 2.76. The van der Waals surface area contributed by atoms with E-state index in [2.05, 4.69) is 25.4 Å². The van der Waals surface area contributed by atoms with Gasteiger partial charge in [0.15, 0.2) is 5.84 Å². The van der Waals surface area contributed by atoms with Crippen molar-refractivity contribution in [2.24, 2.45) is 25.4 Å². The first-order chi connectivity index (χ1) is 11.4. The molecular weight excluding hydrogens is 358 g/mol. The molecule has 0 unspecified atom stereocenters. The minimum atomic E-state index is -3.97. The van der Waals surface area contributed by atoms with Gasteiger partial charge in [-0.15, -0.1) is 10.2 Å². The van der Waals surface area contributed by atoms with Crippen molar-refractivity contribution < 1.29 is 17.9 Å². The molecule has 0 spiro atoms. The van der Waals surface area contributed by atoms with E-state index in [0.29, 0.717) is 12.4 Å². The number of carbonyl (C=O) groups is 1. The summed E-state index contributed by atoms with van der Waals surface area (Å²) in [6.45, 7) is 2.31. The first-order valence-corrected chi connectivity index (χ1v) is 9.13. The average molecular weight is 368 g/mol. The first-order valence-electron chi connectivity index (χ1n) is 6.83. The molecule has 9 nitrogen and oxygen atoms in total. The van der Waals surface area contributed by atoms with E-state index < -0.39 is 15.0 Å². The second-order valence-electron chi connectivity index (χ2n) is 4.76. The van der Waals surface area contributed by atoms with Gasteiger partial charge < -0.3 is 4.74 Å². The molecule has 0 N–H and O–H groups in total. The van der Waals surface area contributed by atoms with Crippen LogP contribution in [0, 0.1) is 0 Å². The normalized spacial score (nSPS) is 16.4. The molecule has 3 rings (SSSR count). The van der Waals surface area contributed by atoms with E-state index in [9.17, 15) is 13.2 Å². The zero-order valence-corrected chi connectivity index (χ0v) is 13.9. The Bertz CT molecular complexity index is 949. The molecule has 2 aliphatic rings. The molecule has 0 fully saturated rings. The second kappa shape index (κ2) is 6.21. The van der Waals surface area contributed by atoms with Crippen molar-refractivity contribution in [3.63, 3.8) is 0 Å². The Labute approximate surface area is 141 Å². The molecule has 124 valence electrons. The van der Waals surface area contributed by atoms with Gasteiger partial charge >= 0.3 is 5.91 Å². The fourth-order valence-electron chi connectivity index (χ4n) is 1.98. The number of nitrogens with zero attached hydrogens (tertiary/aromatic N) is 5. The lowest BCUT2D eigenvalue weighted by Crippen LogP contribution is -2.26. The number of ether oxygens (including phenoxy) is 1. The predicted molar refractivity (Wildman–Crippen MR) is 86.5 cm³/mol. The van der Waals surface area contributed by atoms with E-state index in [1.807, 2.05) is 6.92 Å². The number of hydrogen-bond donors (Lipinski definition) is 0. The smallest absolute Gasteiger partial charge is 0.303 e. The predicted octanol–water partition coefficient (Wildman–Crippen LogP) is 1.91. The molecule has 2 aliphatic heterocycles. The van der Waals surface area contributed by atoms with Crippen LogP contribution in [0.2, 0.25) is 0 Å². The van der Waals surface area contributed by atoms with Gasteiger partial charge in [-0.25, -0.2) is 13.4 Å². The number of aliphatic imine (C=N–C) groups is 2. The lowest BCUT2D eigenvalue weighted by atomic mass is 10.1. The number of benzene rings is 1. The minimum absolute atomic E-state index is 0.0191. The van der Waals surface area contributed by atoms with Gasteiger partial charge in [-0.1, -0.05) is 6.92 Å². The number of halogens is 1. The number of rotatable bonds is 5. The highest BCUT2D eigenvalue weighted by Crippen LogP contribution is 2.27. The van der Waals surface area contributed by atoms with Crippen molar-refractivity contribution in [1.82, 2.24) is 0 Å². The third-order valence-corrected chi connectivity index (χ3v) is 4.40. The highest BCUT2D eigenvalue weighted by molar-refractivity contribution is 8.13. The summed E-state index contributed by atoms with van der Waals surface area (Å²) in [5.41, 5.74) is 0.156. The van der Waals surface area contributed by atoms with Crippen LogP contribution in [0.15, 0.2) is 48.5 Å². The first kappa shape index (κ1) is 16.4. The Kier molecular flexibility index (Phi) is 4.24. The maximum Gasteiger partial charge on any atom is 0.303 e. The average Bonchev–Trinajstić information content (AvgIpc) is 3.01. The molecule has 1 amide bonds. The second-order valence-corrected chi connectivity index (χ2v) is 7.32. The fraction of sp³-hybridized carbons (Fsp3) is 0.231. The molecule has 0 saturated carbocycles. The Morgan fingerprint density at radius 3 is 2.71 bits per heavy atom. The lowest BCUT2D eigenvalue weighted by molar-refractivity contribution is -0.111.